The number of nitrogens with one attached hydrogen (secondary N) is 1. The van der Waals surface area contributed by atoms with Gasteiger partial charge >= 0.3 is 0 Å². The van der Waals surface area contributed by atoms with Gasteiger partial charge in [0.1, 0.15) is 4.21 Å². The summed E-state index contributed by atoms with van der Waals surface area (Å²) in [6, 6.07) is 3.51. The van der Waals surface area contributed by atoms with Crippen molar-refractivity contribution < 1.29 is 8.42 Å². The second-order valence-corrected chi connectivity index (χ2v) is 6.44. The average molecular weight is 232 g/mol. The molecule has 0 spiro atoms. The molecule has 1 aromatic heterocycles. The van der Waals surface area contributed by atoms with Crippen LogP contribution in [0.3, 0.4) is 0 Å². The van der Waals surface area contributed by atoms with E-state index in [9.17, 15) is 8.42 Å². The summed E-state index contributed by atoms with van der Waals surface area (Å²) in [7, 11) is -1.60. The van der Waals surface area contributed by atoms with Crippen molar-refractivity contribution in [3.05, 3.63) is 17.5 Å². The van der Waals surface area contributed by atoms with E-state index in [4.69, 9.17) is 0 Å². The minimum absolute atomic E-state index is 0.113. The van der Waals surface area contributed by atoms with Gasteiger partial charge in [0.2, 0.25) is 0 Å². The van der Waals surface area contributed by atoms with E-state index in [-0.39, 0.29) is 6.04 Å². The number of hydrogen-bond donors (Lipinski definition) is 1. The maximum absolute atomic E-state index is 11.9. The van der Waals surface area contributed by atoms with Crippen LogP contribution in [0, 0.1) is 0 Å². The first-order chi connectivity index (χ1) is 6.62. The molecule has 1 fully saturated rings. The molecule has 14 heavy (non-hydrogen) atoms. The summed E-state index contributed by atoms with van der Waals surface area (Å²) in [5.74, 6) is 0. The van der Waals surface area contributed by atoms with Crippen LogP contribution in [0.15, 0.2) is 21.7 Å². The van der Waals surface area contributed by atoms with Crippen LogP contribution in [-0.4, -0.2) is 38.9 Å². The van der Waals surface area contributed by atoms with Crippen molar-refractivity contribution in [2.45, 2.75) is 10.3 Å². The van der Waals surface area contributed by atoms with E-state index in [0.29, 0.717) is 4.21 Å². The highest BCUT2D eigenvalue weighted by Crippen LogP contribution is 2.22. The first kappa shape index (κ1) is 10.1. The van der Waals surface area contributed by atoms with E-state index in [1.54, 1.807) is 24.6 Å². The molecule has 0 radical (unpaired) electrons. The van der Waals surface area contributed by atoms with Gasteiger partial charge in [0.15, 0.2) is 0 Å². The summed E-state index contributed by atoms with van der Waals surface area (Å²) >= 11 is 1.26. The molecule has 2 rings (SSSR count). The van der Waals surface area contributed by atoms with Crippen molar-refractivity contribution >= 4 is 21.4 Å². The van der Waals surface area contributed by atoms with Crippen molar-refractivity contribution in [3.8, 4) is 0 Å². The highest BCUT2D eigenvalue weighted by molar-refractivity contribution is 7.91. The molecule has 78 valence electrons. The number of sulfonamides is 1. The van der Waals surface area contributed by atoms with Gasteiger partial charge in [-0.3, -0.25) is 0 Å². The maximum Gasteiger partial charge on any atom is 0.252 e. The quantitative estimate of drug-likeness (QED) is 0.817. The molecule has 0 unspecified atom stereocenters. The van der Waals surface area contributed by atoms with Gasteiger partial charge in [0, 0.05) is 26.2 Å². The fourth-order valence-corrected chi connectivity index (χ4v) is 3.81. The Kier molecular flexibility index (Phi) is 2.61. The second-order valence-electron chi connectivity index (χ2n) is 3.27. The third-order valence-electron chi connectivity index (χ3n) is 2.40. The average Bonchev–Trinajstić information content (AvgIpc) is 2.52. The van der Waals surface area contributed by atoms with E-state index in [2.05, 4.69) is 5.32 Å². The summed E-state index contributed by atoms with van der Waals surface area (Å²) < 4.78 is 25.7. The van der Waals surface area contributed by atoms with Crippen molar-refractivity contribution in [2.75, 3.05) is 20.1 Å². The SMILES string of the molecule is CN(C1CNC1)S(=O)(=O)c1cccs1. The molecule has 1 N–H and O–H groups in total. The van der Waals surface area contributed by atoms with Gasteiger partial charge in [-0.1, -0.05) is 6.07 Å². The van der Waals surface area contributed by atoms with Crippen LogP contribution >= 0.6 is 11.3 Å². The largest absolute Gasteiger partial charge is 0.313 e. The first-order valence-electron chi connectivity index (χ1n) is 4.34. The Hall–Kier alpha value is -0.430. The molecule has 1 aliphatic rings. The van der Waals surface area contributed by atoms with Crippen LogP contribution in [0.4, 0.5) is 0 Å². The lowest BCUT2D eigenvalue weighted by Gasteiger charge is -2.34. The van der Waals surface area contributed by atoms with Crippen molar-refractivity contribution in [1.29, 1.82) is 0 Å². The van der Waals surface area contributed by atoms with E-state index in [0.717, 1.165) is 13.1 Å². The predicted molar refractivity (Wildman–Crippen MR) is 55.9 cm³/mol. The number of nitrogens with zero attached hydrogens (tertiary/aromatic N) is 1. The summed E-state index contributed by atoms with van der Waals surface area (Å²) in [4.78, 5) is 0. The molecule has 1 aliphatic heterocycles. The zero-order valence-corrected chi connectivity index (χ0v) is 9.44. The Morgan fingerprint density at radius 1 is 1.57 bits per heavy atom. The predicted octanol–water partition coefficient (Wildman–Crippen LogP) is 0.340. The summed E-state index contributed by atoms with van der Waals surface area (Å²) in [5.41, 5.74) is 0. The third-order valence-corrected chi connectivity index (χ3v) is 5.69. The zero-order valence-electron chi connectivity index (χ0n) is 7.80. The Balaban J connectivity index is 2.23. The number of rotatable bonds is 3. The highest BCUT2D eigenvalue weighted by Gasteiger charge is 2.31. The molecule has 4 nitrogen and oxygen atoms in total. The number of thiophene rings is 1. The molecular formula is C8H12N2O2S2. The minimum atomic E-state index is -3.24. The smallest absolute Gasteiger partial charge is 0.252 e. The van der Waals surface area contributed by atoms with E-state index >= 15 is 0 Å². The van der Waals surface area contributed by atoms with Crippen molar-refractivity contribution in [3.63, 3.8) is 0 Å². The molecule has 0 aromatic carbocycles. The van der Waals surface area contributed by atoms with Gasteiger partial charge < -0.3 is 5.32 Å². The van der Waals surface area contributed by atoms with Gasteiger partial charge in [-0.15, -0.1) is 11.3 Å². The van der Waals surface area contributed by atoms with E-state index < -0.39 is 10.0 Å². The molecule has 2 heterocycles. The van der Waals surface area contributed by atoms with Gasteiger partial charge in [-0.05, 0) is 11.4 Å². The Labute approximate surface area is 87.6 Å². The minimum Gasteiger partial charge on any atom is -0.313 e. The van der Waals surface area contributed by atoms with Crippen LogP contribution in [0.1, 0.15) is 0 Å². The molecule has 0 bridgehead atoms. The van der Waals surface area contributed by atoms with Gasteiger partial charge in [-0.2, -0.15) is 4.31 Å². The second kappa shape index (κ2) is 3.62. The number of hydrogen-bond acceptors (Lipinski definition) is 4. The fourth-order valence-electron chi connectivity index (χ4n) is 1.28. The lowest BCUT2D eigenvalue weighted by atomic mass is 10.2. The molecular weight excluding hydrogens is 220 g/mol. The summed E-state index contributed by atoms with van der Waals surface area (Å²) in [5, 5.41) is 4.83. The van der Waals surface area contributed by atoms with Crippen LogP contribution in [0.2, 0.25) is 0 Å². The molecule has 6 heteroatoms. The van der Waals surface area contributed by atoms with E-state index in [1.165, 1.54) is 15.6 Å². The summed E-state index contributed by atoms with van der Waals surface area (Å²) in [6.45, 7) is 1.50. The third kappa shape index (κ3) is 1.58. The van der Waals surface area contributed by atoms with Gasteiger partial charge in [0.25, 0.3) is 10.0 Å². The molecule has 0 atom stereocenters. The zero-order chi connectivity index (χ0) is 10.2. The molecule has 0 aliphatic carbocycles. The van der Waals surface area contributed by atoms with Crippen LogP contribution in [-0.2, 0) is 10.0 Å². The normalized spacial score (nSPS) is 18.4. The maximum atomic E-state index is 11.9. The Morgan fingerprint density at radius 2 is 2.29 bits per heavy atom. The lowest BCUT2D eigenvalue weighted by Crippen LogP contribution is -2.57. The summed E-state index contributed by atoms with van der Waals surface area (Å²) in [6.07, 6.45) is 0. The first-order valence-corrected chi connectivity index (χ1v) is 6.66. The van der Waals surface area contributed by atoms with Gasteiger partial charge in [-0.25, -0.2) is 8.42 Å². The van der Waals surface area contributed by atoms with Crippen molar-refractivity contribution in [1.82, 2.24) is 9.62 Å². The number of likely N-dealkylation sites (N-methyl/N-ethyl adjacent to an activating group) is 1. The Bertz CT molecular complexity index is 395. The highest BCUT2D eigenvalue weighted by atomic mass is 32.2. The lowest BCUT2D eigenvalue weighted by molar-refractivity contribution is 0.274. The fraction of sp³-hybridized carbons (Fsp3) is 0.500. The standard InChI is InChI=1S/C8H12N2O2S2/c1-10(7-5-9-6-7)14(11,12)8-3-2-4-13-8/h2-4,7,9H,5-6H2,1H3. The Morgan fingerprint density at radius 3 is 2.71 bits per heavy atom. The molecule has 0 amide bonds. The van der Waals surface area contributed by atoms with Crippen LogP contribution < -0.4 is 5.32 Å². The monoisotopic (exact) mass is 232 g/mol. The van der Waals surface area contributed by atoms with Gasteiger partial charge in [0.05, 0.1) is 0 Å². The topological polar surface area (TPSA) is 49.4 Å². The molecule has 0 saturated carbocycles. The molecule has 1 saturated heterocycles. The van der Waals surface area contributed by atoms with Crippen molar-refractivity contribution in [2.24, 2.45) is 0 Å². The van der Waals surface area contributed by atoms with Crippen LogP contribution in [0.25, 0.3) is 0 Å². The van der Waals surface area contributed by atoms with Crippen LogP contribution in [0.5, 0.6) is 0 Å². The van der Waals surface area contributed by atoms with E-state index in [1.807, 2.05) is 0 Å². The molecule has 1 aromatic rings.